The van der Waals surface area contributed by atoms with Crippen LogP contribution in [0.2, 0.25) is 5.02 Å². The van der Waals surface area contributed by atoms with E-state index in [0.29, 0.717) is 6.54 Å². The molecular weight excluding hydrogens is 258 g/mol. The summed E-state index contributed by atoms with van der Waals surface area (Å²) < 4.78 is 0. The fourth-order valence-electron chi connectivity index (χ4n) is 2.87. The van der Waals surface area contributed by atoms with Crippen LogP contribution in [0.25, 0.3) is 0 Å². The Morgan fingerprint density at radius 2 is 1.89 bits per heavy atom. The maximum absolute atomic E-state index is 9.96. The average molecular weight is 282 g/mol. The number of hydrogen-bond donors (Lipinski definition) is 2. The lowest BCUT2D eigenvalue weighted by Crippen LogP contribution is -2.29. The quantitative estimate of drug-likeness (QED) is 0.751. The summed E-state index contributed by atoms with van der Waals surface area (Å²) in [6.07, 6.45) is 7.07. The predicted molar refractivity (Wildman–Crippen MR) is 80.6 cm³/mol. The lowest BCUT2D eigenvalue weighted by atomic mass is 10.00. The Morgan fingerprint density at radius 3 is 2.58 bits per heavy atom. The smallest absolute Gasteiger partial charge is 0.0667 e. The summed E-state index contributed by atoms with van der Waals surface area (Å²) in [5.74, 6) is 0.757. The topological polar surface area (TPSA) is 32.3 Å². The third-order valence-electron chi connectivity index (χ3n) is 3.96. The van der Waals surface area contributed by atoms with E-state index in [9.17, 15) is 5.11 Å². The van der Waals surface area contributed by atoms with Crippen molar-refractivity contribution in [3.8, 4) is 0 Å². The molecule has 1 saturated carbocycles. The van der Waals surface area contributed by atoms with E-state index in [1.807, 2.05) is 12.1 Å². The molecule has 3 heteroatoms. The van der Waals surface area contributed by atoms with E-state index in [-0.39, 0.29) is 6.10 Å². The lowest BCUT2D eigenvalue weighted by molar-refractivity contribution is 0.141. The maximum Gasteiger partial charge on any atom is 0.0667 e. The normalized spacial score (nSPS) is 17.8. The van der Waals surface area contributed by atoms with Crippen molar-refractivity contribution in [3.63, 3.8) is 0 Å². The fourth-order valence-corrected chi connectivity index (χ4v) is 2.99. The molecule has 0 amide bonds. The van der Waals surface area contributed by atoms with Gasteiger partial charge in [-0.2, -0.15) is 0 Å². The van der Waals surface area contributed by atoms with Crippen LogP contribution in [0.5, 0.6) is 0 Å². The molecule has 0 aliphatic heterocycles. The van der Waals surface area contributed by atoms with Crippen molar-refractivity contribution < 1.29 is 5.11 Å². The lowest BCUT2D eigenvalue weighted by Gasteiger charge is -2.15. The summed E-state index contributed by atoms with van der Waals surface area (Å²) in [7, 11) is 0. The first-order valence-corrected chi connectivity index (χ1v) is 7.75. The minimum Gasteiger partial charge on any atom is -0.392 e. The van der Waals surface area contributed by atoms with Crippen LogP contribution in [-0.4, -0.2) is 24.3 Å². The summed E-state index contributed by atoms with van der Waals surface area (Å²) in [4.78, 5) is 0. The van der Waals surface area contributed by atoms with Gasteiger partial charge in [0.2, 0.25) is 0 Å². The van der Waals surface area contributed by atoms with Gasteiger partial charge in [0.05, 0.1) is 6.10 Å². The Hall–Kier alpha value is -0.570. The first kappa shape index (κ1) is 14.8. The molecule has 1 aliphatic rings. The van der Waals surface area contributed by atoms with Gasteiger partial charge in [0.25, 0.3) is 0 Å². The van der Waals surface area contributed by atoms with Crippen LogP contribution in [0, 0.1) is 5.92 Å². The maximum atomic E-state index is 9.96. The van der Waals surface area contributed by atoms with Gasteiger partial charge in [-0.05, 0) is 43.0 Å². The summed E-state index contributed by atoms with van der Waals surface area (Å²) in [6.45, 7) is 1.62. The summed E-state index contributed by atoms with van der Waals surface area (Å²) in [5.41, 5.74) is 1.28. The molecular formula is C16H24ClNO. The molecule has 2 rings (SSSR count). The molecule has 1 unspecified atom stereocenters. The van der Waals surface area contributed by atoms with Gasteiger partial charge >= 0.3 is 0 Å². The number of halogens is 1. The molecule has 1 aromatic rings. The zero-order valence-corrected chi connectivity index (χ0v) is 12.2. The molecule has 0 radical (unpaired) electrons. The van der Waals surface area contributed by atoms with E-state index in [2.05, 4.69) is 17.4 Å². The number of benzene rings is 1. The number of rotatable bonds is 7. The van der Waals surface area contributed by atoms with Gasteiger partial charge in [-0.15, -0.1) is 0 Å². The van der Waals surface area contributed by atoms with E-state index in [1.165, 1.54) is 31.2 Å². The Balaban J connectivity index is 1.57. The molecule has 2 N–H and O–H groups in total. The van der Waals surface area contributed by atoms with Crippen LogP contribution in [-0.2, 0) is 6.42 Å². The van der Waals surface area contributed by atoms with E-state index < -0.39 is 0 Å². The van der Waals surface area contributed by atoms with Crippen LogP contribution in [0.4, 0.5) is 0 Å². The van der Waals surface area contributed by atoms with Crippen molar-refractivity contribution in [2.45, 2.75) is 44.6 Å². The third-order valence-corrected chi connectivity index (χ3v) is 4.22. The number of hydrogen-bond acceptors (Lipinski definition) is 2. The fraction of sp³-hybridized carbons (Fsp3) is 0.625. The Morgan fingerprint density at radius 1 is 1.21 bits per heavy atom. The molecule has 0 spiro atoms. The molecule has 1 atom stereocenters. The van der Waals surface area contributed by atoms with Crippen LogP contribution < -0.4 is 5.32 Å². The summed E-state index contributed by atoms with van der Waals surface area (Å²) in [5, 5.41) is 14.1. The van der Waals surface area contributed by atoms with Crippen molar-refractivity contribution >= 4 is 11.6 Å². The van der Waals surface area contributed by atoms with Gasteiger partial charge in [0.15, 0.2) is 0 Å². The van der Waals surface area contributed by atoms with Crippen molar-refractivity contribution in [3.05, 3.63) is 34.9 Å². The van der Waals surface area contributed by atoms with Crippen LogP contribution >= 0.6 is 11.6 Å². The highest BCUT2D eigenvalue weighted by molar-refractivity contribution is 6.30. The Bertz CT molecular complexity index is 360. The molecule has 0 heterocycles. The molecule has 0 saturated heterocycles. The Kier molecular flexibility index (Phi) is 6.15. The second kappa shape index (κ2) is 7.88. The molecule has 1 fully saturated rings. The molecule has 1 aromatic carbocycles. The van der Waals surface area contributed by atoms with Crippen LogP contribution in [0.1, 0.15) is 37.7 Å². The van der Waals surface area contributed by atoms with Gasteiger partial charge in [-0.25, -0.2) is 0 Å². The van der Waals surface area contributed by atoms with Gasteiger partial charge in [0.1, 0.15) is 0 Å². The molecule has 2 nitrogen and oxygen atoms in total. The molecule has 0 aromatic heterocycles. The largest absolute Gasteiger partial charge is 0.392 e. The zero-order valence-electron chi connectivity index (χ0n) is 11.4. The summed E-state index contributed by atoms with van der Waals surface area (Å²) >= 11 is 5.85. The molecule has 106 valence electrons. The summed E-state index contributed by atoms with van der Waals surface area (Å²) in [6, 6.07) is 7.95. The monoisotopic (exact) mass is 281 g/mol. The van der Waals surface area contributed by atoms with Gasteiger partial charge in [0, 0.05) is 11.6 Å². The van der Waals surface area contributed by atoms with Crippen LogP contribution in [0.3, 0.4) is 0 Å². The van der Waals surface area contributed by atoms with E-state index in [4.69, 9.17) is 11.6 Å². The number of nitrogens with one attached hydrogen (secondary N) is 1. The first-order valence-electron chi connectivity index (χ1n) is 7.37. The van der Waals surface area contributed by atoms with Crippen molar-refractivity contribution in [1.82, 2.24) is 5.32 Å². The second-order valence-electron chi connectivity index (χ2n) is 5.62. The highest BCUT2D eigenvalue weighted by atomic mass is 35.5. The number of aliphatic hydroxyl groups excluding tert-OH is 1. The van der Waals surface area contributed by atoms with Crippen molar-refractivity contribution in [2.75, 3.05) is 13.1 Å². The molecule has 0 bridgehead atoms. The highest BCUT2D eigenvalue weighted by Crippen LogP contribution is 2.28. The third kappa shape index (κ3) is 5.52. The van der Waals surface area contributed by atoms with Crippen molar-refractivity contribution in [2.24, 2.45) is 5.92 Å². The van der Waals surface area contributed by atoms with Crippen molar-refractivity contribution in [1.29, 1.82) is 0 Å². The van der Waals surface area contributed by atoms with E-state index >= 15 is 0 Å². The SMILES string of the molecule is OC(CNCCc1ccc(Cl)cc1)CC1CCCC1. The van der Waals surface area contributed by atoms with Gasteiger partial charge in [-0.3, -0.25) is 0 Å². The Labute approximate surface area is 121 Å². The minimum absolute atomic E-state index is 0.187. The number of aliphatic hydroxyl groups is 1. The predicted octanol–water partition coefficient (Wildman–Crippen LogP) is 3.41. The second-order valence-corrected chi connectivity index (χ2v) is 6.06. The standard InChI is InChI=1S/C16H24ClNO/c17-15-7-5-13(6-8-15)9-10-18-12-16(19)11-14-3-1-2-4-14/h5-8,14,16,18-19H,1-4,9-12H2. The van der Waals surface area contributed by atoms with E-state index in [0.717, 1.165) is 30.3 Å². The average Bonchev–Trinajstić information content (AvgIpc) is 2.89. The van der Waals surface area contributed by atoms with Crippen LogP contribution in [0.15, 0.2) is 24.3 Å². The molecule has 1 aliphatic carbocycles. The highest BCUT2D eigenvalue weighted by Gasteiger charge is 2.18. The van der Waals surface area contributed by atoms with E-state index in [1.54, 1.807) is 0 Å². The first-order chi connectivity index (χ1) is 9.24. The minimum atomic E-state index is -0.187. The van der Waals surface area contributed by atoms with Gasteiger partial charge in [-0.1, -0.05) is 49.4 Å². The molecule has 19 heavy (non-hydrogen) atoms. The zero-order chi connectivity index (χ0) is 13.5. The van der Waals surface area contributed by atoms with Gasteiger partial charge < -0.3 is 10.4 Å².